The topological polar surface area (TPSA) is 59.4 Å². The van der Waals surface area contributed by atoms with E-state index in [1.54, 1.807) is 12.1 Å². The lowest BCUT2D eigenvalue weighted by molar-refractivity contribution is 0.0600. The number of hydrogen-bond acceptors (Lipinski definition) is 4. The first-order chi connectivity index (χ1) is 15.1. The van der Waals surface area contributed by atoms with Crippen molar-refractivity contribution in [1.82, 2.24) is 19.8 Å². The number of pyridine rings is 1. The van der Waals surface area contributed by atoms with Crippen LogP contribution in [-0.4, -0.2) is 39.2 Å². The average molecular weight is 435 g/mol. The normalized spacial score (nSPS) is 18.1. The Hall–Kier alpha value is -3.19. The summed E-state index contributed by atoms with van der Waals surface area (Å²) in [6.07, 6.45) is 6.01. The summed E-state index contributed by atoms with van der Waals surface area (Å²) in [7, 11) is 1.39. The third-order valence-electron chi connectivity index (χ3n) is 5.60. The van der Waals surface area contributed by atoms with E-state index in [0.717, 1.165) is 41.6 Å². The Morgan fingerprint density at radius 3 is 2.65 bits per heavy atom. The molecule has 0 aliphatic carbocycles. The number of nitrogens with zero attached hydrogens (tertiary/aromatic N) is 3. The molecule has 1 N–H and O–H groups in total. The van der Waals surface area contributed by atoms with Gasteiger partial charge >= 0.3 is 5.97 Å². The Balaban J connectivity index is 1.74. The van der Waals surface area contributed by atoms with Gasteiger partial charge in [-0.2, -0.15) is 0 Å². The van der Waals surface area contributed by atoms with Crippen LogP contribution in [0.1, 0.15) is 53.6 Å². The minimum atomic E-state index is -0.342. The molecule has 0 unspecified atom stereocenters. The Bertz CT molecular complexity index is 1050. The third kappa shape index (κ3) is 4.18. The zero-order chi connectivity index (χ0) is 21.8. The number of carbonyl (C=O) groups excluding carboxylic acids is 1. The van der Waals surface area contributed by atoms with E-state index < -0.39 is 0 Å². The molecule has 0 amide bonds. The predicted octanol–water partition coefficient (Wildman–Crippen LogP) is 4.43. The van der Waals surface area contributed by atoms with Crippen molar-refractivity contribution in [3.8, 4) is 5.69 Å². The molecular formula is C24H26N4O2S. The van der Waals surface area contributed by atoms with Crippen molar-refractivity contribution in [3.05, 3.63) is 83.9 Å². The number of ether oxygens (including phenoxy) is 1. The highest BCUT2D eigenvalue weighted by atomic mass is 32.1. The quantitative estimate of drug-likeness (QED) is 0.438. The molecule has 160 valence electrons. The molecule has 0 saturated carbocycles. The van der Waals surface area contributed by atoms with Crippen LogP contribution < -0.4 is 5.32 Å². The van der Waals surface area contributed by atoms with Gasteiger partial charge in [-0.1, -0.05) is 19.4 Å². The lowest BCUT2D eigenvalue weighted by Crippen LogP contribution is -2.31. The number of methoxy groups -OCH3 is 1. The summed E-state index contributed by atoms with van der Waals surface area (Å²) < 4.78 is 6.97. The van der Waals surface area contributed by atoms with Crippen LogP contribution in [0.5, 0.6) is 0 Å². The van der Waals surface area contributed by atoms with E-state index in [4.69, 9.17) is 17.0 Å². The van der Waals surface area contributed by atoms with Gasteiger partial charge in [0, 0.05) is 30.3 Å². The molecule has 3 heterocycles. The van der Waals surface area contributed by atoms with Crippen molar-refractivity contribution in [2.24, 2.45) is 0 Å². The second-order valence-electron chi connectivity index (χ2n) is 7.52. The summed E-state index contributed by atoms with van der Waals surface area (Å²) in [5.41, 5.74) is 3.58. The number of aromatic nitrogens is 2. The largest absolute Gasteiger partial charge is 0.465 e. The van der Waals surface area contributed by atoms with Gasteiger partial charge in [-0.15, -0.1) is 0 Å². The fourth-order valence-corrected chi connectivity index (χ4v) is 4.37. The van der Waals surface area contributed by atoms with Crippen LogP contribution >= 0.6 is 12.2 Å². The van der Waals surface area contributed by atoms with Gasteiger partial charge in [0.15, 0.2) is 5.11 Å². The minimum Gasteiger partial charge on any atom is -0.465 e. The zero-order valence-electron chi connectivity index (χ0n) is 17.7. The first kappa shape index (κ1) is 21.1. The number of rotatable bonds is 7. The average Bonchev–Trinajstić information content (AvgIpc) is 3.42. The molecule has 0 radical (unpaired) electrons. The van der Waals surface area contributed by atoms with Crippen LogP contribution in [0.3, 0.4) is 0 Å². The molecule has 7 heteroatoms. The molecule has 1 fully saturated rings. The molecular weight excluding hydrogens is 408 g/mol. The van der Waals surface area contributed by atoms with Crippen LogP contribution in [-0.2, 0) is 4.74 Å². The number of nitrogens with one attached hydrogen (secondary N) is 1. The maximum absolute atomic E-state index is 11.8. The van der Waals surface area contributed by atoms with Gasteiger partial charge in [0.2, 0.25) is 0 Å². The molecule has 4 rings (SSSR count). The van der Waals surface area contributed by atoms with Crippen molar-refractivity contribution in [1.29, 1.82) is 0 Å². The number of unbranched alkanes of at least 4 members (excludes halogenated alkanes) is 1. The molecule has 0 spiro atoms. The van der Waals surface area contributed by atoms with Crippen molar-refractivity contribution in [2.75, 3.05) is 13.7 Å². The molecule has 6 nitrogen and oxygen atoms in total. The molecule has 31 heavy (non-hydrogen) atoms. The highest BCUT2D eigenvalue weighted by Gasteiger charge is 2.40. The minimum absolute atomic E-state index is 0.00392. The zero-order valence-corrected chi connectivity index (χ0v) is 18.5. The van der Waals surface area contributed by atoms with Gasteiger partial charge in [0.25, 0.3) is 0 Å². The lowest BCUT2D eigenvalue weighted by Gasteiger charge is -2.29. The van der Waals surface area contributed by atoms with Crippen LogP contribution in [0.2, 0.25) is 0 Å². The summed E-state index contributed by atoms with van der Waals surface area (Å²) in [6, 6.07) is 17.5. The molecule has 2 aromatic heterocycles. The van der Waals surface area contributed by atoms with Crippen LogP contribution in [0.15, 0.2) is 67.0 Å². The van der Waals surface area contributed by atoms with E-state index in [-0.39, 0.29) is 18.1 Å². The van der Waals surface area contributed by atoms with E-state index >= 15 is 0 Å². The summed E-state index contributed by atoms with van der Waals surface area (Å²) in [5, 5.41) is 4.25. The van der Waals surface area contributed by atoms with Gasteiger partial charge in [0.05, 0.1) is 30.5 Å². The summed E-state index contributed by atoms with van der Waals surface area (Å²) >= 11 is 5.73. The first-order valence-corrected chi connectivity index (χ1v) is 10.9. The Morgan fingerprint density at radius 1 is 1.16 bits per heavy atom. The maximum Gasteiger partial charge on any atom is 0.337 e. The standard InChI is InChI=1S/C24H26N4O2S/c1-3-4-15-28-22(21(26-24(28)31)19-8-5-6-14-25-19)20-9-7-16-27(20)18-12-10-17(11-13-18)23(29)30-2/h5-14,16,21-22H,3-4,15H2,1-2H3,(H,26,31)/t21-,22+/m0/s1. The first-order valence-electron chi connectivity index (χ1n) is 10.5. The number of benzene rings is 1. The van der Waals surface area contributed by atoms with Crippen LogP contribution in [0.4, 0.5) is 0 Å². The number of hydrogen-bond donors (Lipinski definition) is 1. The molecule has 3 aromatic rings. The molecule has 1 aliphatic rings. The molecule has 1 aliphatic heterocycles. The van der Waals surface area contributed by atoms with E-state index in [1.807, 2.05) is 48.8 Å². The third-order valence-corrected chi connectivity index (χ3v) is 5.95. The second kappa shape index (κ2) is 9.31. The molecule has 2 atom stereocenters. The monoisotopic (exact) mass is 434 g/mol. The number of thiocarbonyl (C=S) groups is 1. The van der Waals surface area contributed by atoms with Crippen molar-refractivity contribution in [3.63, 3.8) is 0 Å². The van der Waals surface area contributed by atoms with Gasteiger partial charge in [-0.25, -0.2) is 4.79 Å². The smallest absolute Gasteiger partial charge is 0.337 e. The van der Waals surface area contributed by atoms with Gasteiger partial charge < -0.3 is 19.5 Å². The van der Waals surface area contributed by atoms with Crippen LogP contribution in [0, 0.1) is 0 Å². The van der Waals surface area contributed by atoms with Gasteiger partial charge in [-0.3, -0.25) is 4.98 Å². The van der Waals surface area contributed by atoms with Gasteiger partial charge in [0.1, 0.15) is 0 Å². The Labute approximate surface area is 187 Å². The molecule has 1 saturated heterocycles. The van der Waals surface area contributed by atoms with Crippen molar-refractivity contribution < 1.29 is 9.53 Å². The van der Waals surface area contributed by atoms with E-state index in [9.17, 15) is 4.79 Å². The second-order valence-corrected chi connectivity index (χ2v) is 7.90. The molecule has 1 aromatic carbocycles. The Morgan fingerprint density at radius 2 is 1.97 bits per heavy atom. The maximum atomic E-state index is 11.8. The van der Waals surface area contributed by atoms with Gasteiger partial charge in [-0.05, 0) is 67.2 Å². The van der Waals surface area contributed by atoms with E-state index in [1.165, 1.54) is 7.11 Å². The predicted molar refractivity (Wildman–Crippen MR) is 124 cm³/mol. The fraction of sp³-hybridized carbons (Fsp3) is 0.292. The van der Waals surface area contributed by atoms with Crippen molar-refractivity contribution >= 4 is 23.3 Å². The Kier molecular flexibility index (Phi) is 6.32. The summed E-state index contributed by atoms with van der Waals surface area (Å²) in [4.78, 5) is 18.7. The number of carbonyl (C=O) groups is 1. The lowest BCUT2D eigenvalue weighted by atomic mass is 10.0. The highest BCUT2D eigenvalue weighted by molar-refractivity contribution is 7.80. The highest BCUT2D eigenvalue weighted by Crippen LogP contribution is 2.39. The van der Waals surface area contributed by atoms with Crippen LogP contribution in [0.25, 0.3) is 5.69 Å². The van der Waals surface area contributed by atoms with E-state index in [0.29, 0.717) is 5.56 Å². The van der Waals surface area contributed by atoms with E-state index in [2.05, 4.69) is 32.8 Å². The number of esters is 1. The summed E-state index contributed by atoms with van der Waals surface area (Å²) in [6.45, 7) is 3.06. The summed E-state index contributed by atoms with van der Waals surface area (Å²) in [5.74, 6) is -0.342. The SMILES string of the molecule is CCCCN1C(=S)N[C@@H](c2ccccn2)[C@H]1c1cccn1-c1ccc(C(=O)OC)cc1. The fourth-order valence-electron chi connectivity index (χ4n) is 4.04. The molecule has 0 bridgehead atoms. The van der Waals surface area contributed by atoms with Crippen molar-refractivity contribution in [2.45, 2.75) is 31.8 Å².